The van der Waals surface area contributed by atoms with Crippen LogP contribution in [0.15, 0.2) is 0 Å². The van der Waals surface area contributed by atoms with Crippen molar-refractivity contribution in [2.75, 3.05) is 21.1 Å². The molecule has 0 aromatic rings. The van der Waals surface area contributed by atoms with Gasteiger partial charge in [0.2, 0.25) is 0 Å². The monoisotopic (exact) mass is 73.1 g/mol. The van der Waals surface area contributed by atoms with Crippen molar-refractivity contribution < 1.29 is 4.48 Å². The van der Waals surface area contributed by atoms with Gasteiger partial charge >= 0.3 is 0 Å². The first kappa shape index (κ1) is 4.96. The standard InChI is InChI=1S/C4H11N/c1-5(2,3)4/h1H2,2-4H3/q+1. The summed E-state index contributed by atoms with van der Waals surface area (Å²) >= 11 is 0. The molecule has 0 fully saturated rings. The Hall–Kier alpha value is -0.0400. The van der Waals surface area contributed by atoms with E-state index in [0.717, 1.165) is 4.48 Å². The molecule has 0 atom stereocenters. The molecule has 1 heteroatoms. The Morgan fingerprint density at radius 1 is 1.20 bits per heavy atom. The molecular weight excluding hydrogens is 62.1 g/mol. The predicted octanol–water partition coefficient (Wildman–Crippen LogP) is 0.484. The van der Waals surface area contributed by atoms with Crippen molar-refractivity contribution in [3.8, 4) is 0 Å². The van der Waals surface area contributed by atoms with Crippen molar-refractivity contribution in [1.82, 2.24) is 0 Å². The van der Waals surface area contributed by atoms with E-state index >= 15 is 0 Å². The Bertz CT molecular complexity index is 19.1. The molecule has 0 amide bonds. The van der Waals surface area contributed by atoms with E-state index in [1.165, 1.54) is 0 Å². The Balaban J connectivity index is 3.02. The summed E-state index contributed by atoms with van der Waals surface area (Å²) in [5.74, 6) is 0. The van der Waals surface area contributed by atoms with E-state index < -0.39 is 0 Å². The van der Waals surface area contributed by atoms with Crippen LogP contribution in [0.25, 0.3) is 0 Å². The molecule has 0 heterocycles. The first-order valence-corrected chi connectivity index (χ1v) is 1.66. The van der Waals surface area contributed by atoms with Crippen LogP contribution in [0.5, 0.6) is 0 Å². The summed E-state index contributed by atoms with van der Waals surface area (Å²) in [6, 6.07) is 0. The number of hydrogen-bond acceptors (Lipinski definition) is 0. The fourth-order valence-electron chi connectivity index (χ4n) is 0. The fourth-order valence-corrected chi connectivity index (χ4v) is 0. The minimum atomic E-state index is 0.750. The molecular formula is C4H11N+. The number of nitrogens with zero attached hydrogens (tertiary/aromatic N) is 1. The van der Waals surface area contributed by atoms with Gasteiger partial charge in [-0.25, -0.2) is 0 Å². The largest absolute Gasteiger partial charge is 0.326 e. The highest BCUT2D eigenvalue weighted by atomic mass is 15.2. The van der Waals surface area contributed by atoms with Gasteiger partial charge in [0.25, 0.3) is 0 Å². The molecule has 0 N–H and O–H groups in total. The third-order valence-electron chi connectivity index (χ3n) is 0. The van der Waals surface area contributed by atoms with Crippen LogP contribution in [-0.2, 0) is 0 Å². The third-order valence-corrected chi connectivity index (χ3v) is 0. The topological polar surface area (TPSA) is 0 Å². The molecule has 31 valence electrons. The molecule has 0 saturated heterocycles. The molecule has 0 bridgehead atoms. The lowest BCUT2D eigenvalue weighted by Crippen LogP contribution is -2.24. The van der Waals surface area contributed by atoms with E-state index in [1.807, 2.05) is 21.1 Å². The molecule has 0 spiro atoms. The molecule has 0 aliphatic heterocycles. The van der Waals surface area contributed by atoms with Gasteiger partial charge in [-0.1, -0.05) is 0 Å². The molecule has 1 radical (unpaired) electrons. The summed E-state index contributed by atoms with van der Waals surface area (Å²) in [4.78, 5) is 0. The first-order valence-electron chi connectivity index (χ1n) is 1.66. The lowest BCUT2D eigenvalue weighted by molar-refractivity contribution is -0.823. The number of quaternary nitrogens is 1. The van der Waals surface area contributed by atoms with Gasteiger partial charge in [0.05, 0.1) is 21.1 Å². The third kappa shape index (κ3) is 9510. The van der Waals surface area contributed by atoms with Crippen molar-refractivity contribution in [2.24, 2.45) is 0 Å². The average Bonchev–Trinajstić information content (AvgIpc) is 0.722. The Morgan fingerprint density at radius 2 is 1.20 bits per heavy atom. The SMILES string of the molecule is [CH2][N+](C)(C)C. The van der Waals surface area contributed by atoms with Crippen molar-refractivity contribution in [2.45, 2.75) is 0 Å². The normalized spacial score (nSPS) is 12.0. The summed E-state index contributed by atoms with van der Waals surface area (Å²) in [6.45, 7) is 0. The van der Waals surface area contributed by atoms with Crippen molar-refractivity contribution in [1.29, 1.82) is 0 Å². The smallest absolute Gasteiger partial charge is 0.128 e. The highest BCUT2D eigenvalue weighted by Gasteiger charge is 1.89. The van der Waals surface area contributed by atoms with Gasteiger partial charge in [-0.05, 0) is 0 Å². The second-order valence-corrected chi connectivity index (χ2v) is 2.29. The van der Waals surface area contributed by atoms with Crippen LogP contribution < -0.4 is 0 Å². The zero-order valence-electron chi connectivity index (χ0n) is 4.15. The minimum Gasteiger partial charge on any atom is -0.326 e. The summed E-state index contributed by atoms with van der Waals surface area (Å²) in [7, 11) is 9.75. The number of hydrogen-bond donors (Lipinski definition) is 0. The van der Waals surface area contributed by atoms with Gasteiger partial charge in [-0.2, -0.15) is 0 Å². The fraction of sp³-hybridized carbons (Fsp3) is 0.750. The zero-order valence-corrected chi connectivity index (χ0v) is 4.15. The van der Waals surface area contributed by atoms with E-state index in [1.54, 1.807) is 0 Å². The zero-order chi connectivity index (χ0) is 4.50. The van der Waals surface area contributed by atoms with Crippen molar-refractivity contribution in [3.63, 3.8) is 0 Å². The maximum atomic E-state index is 3.71. The number of rotatable bonds is 0. The van der Waals surface area contributed by atoms with E-state index in [9.17, 15) is 0 Å². The molecule has 5 heavy (non-hydrogen) atoms. The van der Waals surface area contributed by atoms with Crippen LogP contribution in [0.1, 0.15) is 0 Å². The minimum absolute atomic E-state index is 0.750. The molecule has 1 nitrogen and oxygen atoms in total. The van der Waals surface area contributed by atoms with Crippen LogP contribution in [0, 0.1) is 7.05 Å². The van der Waals surface area contributed by atoms with Crippen LogP contribution in [0.2, 0.25) is 0 Å². The maximum absolute atomic E-state index is 3.71. The Morgan fingerprint density at radius 3 is 1.20 bits per heavy atom. The van der Waals surface area contributed by atoms with Gasteiger partial charge < -0.3 is 4.48 Å². The van der Waals surface area contributed by atoms with Gasteiger partial charge in [0.15, 0.2) is 0 Å². The van der Waals surface area contributed by atoms with Crippen LogP contribution >= 0.6 is 0 Å². The molecule has 0 aliphatic rings. The maximum Gasteiger partial charge on any atom is 0.128 e. The second-order valence-electron chi connectivity index (χ2n) is 2.29. The van der Waals surface area contributed by atoms with Crippen molar-refractivity contribution in [3.05, 3.63) is 7.05 Å². The average molecular weight is 73.1 g/mol. The van der Waals surface area contributed by atoms with Gasteiger partial charge in [0, 0.05) is 0 Å². The molecule has 0 aromatic carbocycles. The summed E-state index contributed by atoms with van der Waals surface area (Å²) in [5, 5.41) is 0. The second kappa shape index (κ2) is 0.977. The lowest BCUT2D eigenvalue weighted by atomic mass is 10.8. The highest BCUT2D eigenvalue weighted by molar-refractivity contribution is 4.00. The van der Waals surface area contributed by atoms with Gasteiger partial charge in [-0.15, -0.1) is 0 Å². The van der Waals surface area contributed by atoms with E-state index in [2.05, 4.69) is 7.05 Å². The first-order chi connectivity index (χ1) is 2.00. The van der Waals surface area contributed by atoms with Gasteiger partial charge in [0.1, 0.15) is 7.05 Å². The van der Waals surface area contributed by atoms with Gasteiger partial charge in [-0.3, -0.25) is 0 Å². The van der Waals surface area contributed by atoms with E-state index in [-0.39, 0.29) is 0 Å². The Labute approximate surface area is 33.8 Å². The van der Waals surface area contributed by atoms with Crippen LogP contribution in [0.3, 0.4) is 0 Å². The molecule has 0 unspecified atom stereocenters. The highest BCUT2D eigenvalue weighted by Crippen LogP contribution is 1.77. The van der Waals surface area contributed by atoms with E-state index in [0.29, 0.717) is 0 Å². The Kier molecular flexibility index (Phi) is 0.969. The summed E-state index contributed by atoms with van der Waals surface area (Å²) < 4.78 is 0.750. The summed E-state index contributed by atoms with van der Waals surface area (Å²) in [5.41, 5.74) is 0. The molecule has 0 rings (SSSR count). The lowest BCUT2D eigenvalue weighted by Gasteiger charge is -2.13. The predicted molar refractivity (Wildman–Crippen MR) is 23.4 cm³/mol. The molecule has 0 saturated carbocycles. The quantitative estimate of drug-likeness (QED) is 0.366. The molecule has 0 aromatic heterocycles. The summed E-state index contributed by atoms with van der Waals surface area (Å²) in [6.07, 6.45) is 0. The van der Waals surface area contributed by atoms with Crippen molar-refractivity contribution >= 4 is 0 Å². The molecule has 0 aliphatic carbocycles. The van der Waals surface area contributed by atoms with Crippen LogP contribution in [0.4, 0.5) is 0 Å². The van der Waals surface area contributed by atoms with E-state index in [4.69, 9.17) is 0 Å². The van der Waals surface area contributed by atoms with Crippen LogP contribution in [-0.4, -0.2) is 25.6 Å².